The molecule has 7 rings (SSSR count). The summed E-state index contributed by atoms with van der Waals surface area (Å²) in [7, 11) is 5.05. The predicted molar refractivity (Wildman–Crippen MR) is 175 cm³/mol. The zero-order valence-electron chi connectivity index (χ0n) is 25.0. The molecule has 0 radical (unpaired) electrons. The summed E-state index contributed by atoms with van der Waals surface area (Å²) >= 11 is 0. The molecule has 0 bridgehead atoms. The van der Waals surface area contributed by atoms with Crippen LogP contribution in [0.25, 0.3) is 38.7 Å². The lowest BCUT2D eigenvalue weighted by atomic mass is 9.83. The molecule has 2 heterocycles. The number of nitrogens with zero attached hydrogens (tertiary/aromatic N) is 1. The Morgan fingerprint density at radius 2 is 1.40 bits per heavy atom. The van der Waals surface area contributed by atoms with Gasteiger partial charge in [-0.1, -0.05) is 74.0 Å². The Morgan fingerprint density at radius 3 is 2.09 bits per heavy atom. The third-order valence-electron chi connectivity index (χ3n) is 8.71. The molecular weight excluding hydrogens is 534 g/mol. The summed E-state index contributed by atoms with van der Waals surface area (Å²) in [6.45, 7) is 3.16. The molecule has 0 amide bonds. The van der Waals surface area contributed by atoms with Gasteiger partial charge in [-0.3, -0.25) is 0 Å². The van der Waals surface area contributed by atoms with E-state index in [2.05, 4.69) is 96.4 Å². The first kappa shape index (κ1) is 27.0. The van der Waals surface area contributed by atoms with Crippen molar-refractivity contribution in [2.45, 2.75) is 31.9 Å². The Hall–Kier alpha value is -4.90. The van der Waals surface area contributed by atoms with Crippen molar-refractivity contribution >= 4 is 38.7 Å². The molecular formula is C38H35NO4. The fraction of sp³-hybridized carbons (Fsp3) is 0.211. The van der Waals surface area contributed by atoms with E-state index in [1.807, 2.05) is 18.2 Å². The van der Waals surface area contributed by atoms with Crippen molar-refractivity contribution in [3.8, 4) is 23.0 Å². The fourth-order valence-corrected chi connectivity index (χ4v) is 6.59. The van der Waals surface area contributed by atoms with E-state index in [0.29, 0.717) is 11.5 Å². The van der Waals surface area contributed by atoms with Gasteiger partial charge < -0.3 is 23.5 Å². The maximum absolute atomic E-state index is 7.38. The van der Waals surface area contributed by atoms with E-state index in [0.717, 1.165) is 58.3 Å². The number of methoxy groups -OCH3 is 3. The van der Waals surface area contributed by atoms with E-state index in [-0.39, 0.29) is 0 Å². The van der Waals surface area contributed by atoms with Gasteiger partial charge in [-0.05, 0) is 54.3 Å². The Morgan fingerprint density at radius 1 is 0.721 bits per heavy atom. The van der Waals surface area contributed by atoms with E-state index in [4.69, 9.17) is 18.9 Å². The predicted octanol–water partition coefficient (Wildman–Crippen LogP) is 9.12. The molecule has 216 valence electrons. The smallest absolute Gasteiger partial charge is 0.178 e. The summed E-state index contributed by atoms with van der Waals surface area (Å²) in [4.78, 5) is 0. The molecule has 1 aliphatic rings. The number of fused-ring (bicyclic) bond motifs is 8. The number of para-hydroxylation sites is 1. The third kappa shape index (κ3) is 4.14. The fourth-order valence-electron chi connectivity index (χ4n) is 6.59. The number of ether oxygens (including phenoxy) is 4. The van der Waals surface area contributed by atoms with Crippen LogP contribution in [-0.2, 0) is 12.1 Å². The molecule has 43 heavy (non-hydrogen) atoms. The number of hydrogen-bond donors (Lipinski definition) is 0. The first-order chi connectivity index (χ1) is 21.1. The molecule has 6 aromatic rings. The van der Waals surface area contributed by atoms with Gasteiger partial charge in [0, 0.05) is 44.9 Å². The molecule has 1 atom stereocenters. The van der Waals surface area contributed by atoms with Gasteiger partial charge in [-0.15, -0.1) is 0 Å². The van der Waals surface area contributed by atoms with Gasteiger partial charge >= 0.3 is 0 Å². The van der Waals surface area contributed by atoms with Crippen molar-refractivity contribution in [2.75, 3.05) is 21.3 Å². The minimum Gasteiger partial charge on any atom is -0.497 e. The minimum atomic E-state index is -0.853. The van der Waals surface area contributed by atoms with Crippen molar-refractivity contribution in [3.63, 3.8) is 0 Å². The molecule has 0 aliphatic carbocycles. The minimum absolute atomic E-state index is 0.666. The van der Waals surface area contributed by atoms with Crippen molar-refractivity contribution in [2.24, 2.45) is 0 Å². The van der Waals surface area contributed by atoms with Crippen LogP contribution in [0.1, 0.15) is 36.5 Å². The Bertz CT molecular complexity index is 1990. The van der Waals surface area contributed by atoms with Gasteiger partial charge in [0.15, 0.2) is 17.1 Å². The lowest BCUT2D eigenvalue weighted by molar-refractivity contribution is 0.163. The van der Waals surface area contributed by atoms with Crippen molar-refractivity contribution in [1.29, 1.82) is 0 Å². The number of rotatable bonds is 8. The normalized spacial score (nSPS) is 15.9. The summed E-state index contributed by atoms with van der Waals surface area (Å²) < 4.78 is 27.0. The van der Waals surface area contributed by atoms with E-state index in [9.17, 15) is 0 Å². The van der Waals surface area contributed by atoms with Crippen molar-refractivity contribution in [1.82, 2.24) is 4.57 Å². The number of aromatic nitrogens is 1. The zero-order valence-corrected chi connectivity index (χ0v) is 25.0. The second kappa shape index (κ2) is 10.7. The second-order valence-corrected chi connectivity index (χ2v) is 11.0. The average Bonchev–Trinajstić information content (AvgIpc) is 3.41. The zero-order chi connectivity index (χ0) is 29.6. The number of unbranched alkanes of at least 4 members (excludes halogenated alkanes) is 1. The highest BCUT2D eigenvalue weighted by Gasteiger charge is 2.39. The van der Waals surface area contributed by atoms with Gasteiger partial charge in [0.25, 0.3) is 0 Å². The monoisotopic (exact) mass is 569 g/mol. The molecule has 0 saturated heterocycles. The van der Waals surface area contributed by atoms with E-state index in [1.54, 1.807) is 21.3 Å². The van der Waals surface area contributed by atoms with E-state index >= 15 is 0 Å². The van der Waals surface area contributed by atoms with Gasteiger partial charge in [0.1, 0.15) is 11.5 Å². The molecule has 0 spiro atoms. The SMILES string of the molecule is CCCCn1c2ccccc2c2c3cc(OC)c(OC)cc3c3c(c21)C=CC(c1ccccc1)(c1ccc(OC)cc1)O3. The van der Waals surface area contributed by atoms with Crippen LogP contribution in [0.15, 0.2) is 97.1 Å². The van der Waals surface area contributed by atoms with Gasteiger partial charge in [0.2, 0.25) is 0 Å². The van der Waals surface area contributed by atoms with Crippen LogP contribution in [0.5, 0.6) is 23.0 Å². The highest BCUT2D eigenvalue weighted by molar-refractivity contribution is 6.25. The van der Waals surface area contributed by atoms with Gasteiger partial charge in [-0.25, -0.2) is 0 Å². The number of aryl methyl sites for hydroxylation is 1. The summed E-state index contributed by atoms with van der Waals surface area (Å²) in [6.07, 6.45) is 6.66. The van der Waals surface area contributed by atoms with Crippen LogP contribution in [0.3, 0.4) is 0 Å². The van der Waals surface area contributed by atoms with Gasteiger partial charge in [0.05, 0.1) is 26.8 Å². The molecule has 0 saturated carbocycles. The number of hydrogen-bond acceptors (Lipinski definition) is 4. The molecule has 1 aliphatic heterocycles. The number of benzene rings is 5. The maximum Gasteiger partial charge on any atom is 0.178 e. The largest absolute Gasteiger partial charge is 0.497 e. The van der Waals surface area contributed by atoms with Crippen LogP contribution in [-0.4, -0.2) is 25.9 Å². The molecule has 0 fully saturated rings. The molecule has 1 unspecified atom stereocenters. The molecule has 0 N–H and O–H groups in total. The first-order valence-corrected chi connectivity index (χ1v) is 14.8. The van der Waals surface area contributed by atoms with Crippen LogP contribution in [0.2, 0.25) is 0 Å². The van der Waals surface area contributed by atoms with Crippen LogP contribution < -0.4 is 18.9 Å². The van der Waals surface area contributed by atoms with E-state index in [1.165, 1.54) is 21.8 Å². The van der Waals surface area contributed by atoms with Crippen LogP contribution >= 0.6 is 0 Å². The maximum atomic E-state index is 7.38. The van der Waals surface area contributed by atoms with E-state index < -0.39 is 5.60 Å². The standard InChI is InChI=1S/C38H35NO4/c1-5-6-22-39-32-15-11-10-14-28(32)35-30-23-33(41-3)34(42-4)24-31(30)37-29(36(35)39)20-21-38(43-37,25-12-8-7-9-13-25)26-16-18-27(40-2)19-17-26/h7-21,23-24H,5-6,22H2,1-4H3. The lowest BCUT2D eigenvalue weighted by Crippen LogP contribution is -2.34. The highest BCUT2D eigenvalue weighted by atomic mass is 16.5. The lowest BCUT2D eigenvalue weighted by Gasteiger charge is -2.37. The quantitative estimate of drug-likeness (QED) is 0.183. The van der Waals surface area contributed by atoms with Crippen molar-refractivity contribution < 1.29 is 18.9 Å². The Balaban J connectivity index is 1.61. The molecule has 5 nitrogen and oxygen atoms in total. The highest BCUT2D eigenvalue weighted by Crippen LogP contribution is 2.52. The average molecular weight is 570 g/mol. The molecule has 1 aromatic heterocycles. The van der Waals surface area contributed by atoms with Crippen LogP contribution in [0.4, 0.5) is 0 Å². The second-order valence-electron chi connectivity index (χ2n) is 11.0. The molecule has 5 aromatic carbocycles. The Labute approximate surface area is 251 Å². The molecule has 5 heteroatoms. The summed E-state index contributed by atoms with van der Waals surface area (Å²) in [5.41, 5.74) is 4.68. The topological polar surface area (TPSA) is 41.9 Å². The summed E-state index contributed by atoms with van der Waals surface area (Å²) in [5, 5.41) is 4.48. The van der Waals surface area contributed by atoms with Gasteiger partial charge in [-0.2, -0.15) is 0 Å². The van der Waals surface area contributed by atoms with Crippen LogP contribution in [0, 0.1) is 0 Å². The third-order valence-corrected chi connectivity index (χ3v) is 8.71. The summed E-state index contributed by atoms with van der Waals surface area (Å²) in [5.74, 6) is 2.99. The Kier molecular flexibility index (Phi) is 6.73. The van der Waals surface area contributed by atoms with Crippen molar-refractivity contribution in [3.05, 3.63) is 114 Å². The summed E-state index contributed by atoms with van der Waals surface area (Å²) in [6, 6.07) is 31.4. The first-order valence-electron chi connectivity index (χ1n) is 14.8.